The van der Waals surface area contributed by atoms with Gasteiger partial charge in [0.1, 0.15) is 16.5 Å². The zero-order chi connectivity index (χ0) is 22.2. The van der Waals surface area contributed by atoms with Crippen molar-refractivity contribution in [3.63, 3.8) is 0 Å². The van der Waals surface area contributed by atoms with Gasteiger partial charge in [0.2, 0.25) is 0 Å². The molecule has 0 spiro atoms. The Labute approximate surface area is 176 Å². The number of hydrogen-bond donors (Lipinski definition) is 1. The van der Waals surface area contributed by atoms with Crippen molar-refractivity contribution in [2.75, 3.05) is 19.4 Å². The number of benzene rings is 1. The van der Waals surface area contributed by atoms with Gasteiger partial charge in [-0.3, -0.25) is 0 Å². The summed E-state index contributed by atoms with van der Waals surface area (Å²) in [6, 6.07) is 2.03. The van der Waals surface area contributed by atoms with Gasteiger partial charge in [-0.1, -0.05) is 13.8 Å². The third-order valence-corrected chi connectivity index (χ3v) is 7.44. The molecule has 1 aliphatic heterocycles. The van der Waals surface area contributed by atoms with Gasteiger partial charge in [-0.05, 0) is 60.6 Å². The highest BCUT2D eigenvalue weighted by molar-refractivity contribution is 7.90. The van der Waals surface area contributed by atoms with Gasteiger partial charge >= 0.3 is 6.09 Å². The van der Waals surface area contributed by atoms with Gasteiger partial charge in [0.25, 0.3) is 0 Å². The van der Waals surface area contributed by atoms with E-state index in [1.54, 1.807) is 4.90 Å². The number of likely N-dealkylation sites (tertiary alicyclic amines) is 1. The molecule has 168 valence electrons. The maximum atomic E-state index is 14.0. The molecule has 3 rings (SSSR count). The molecular formula is C21H29F2NO5S. The summed E-state index contributed by atoms with van der Waals surface area (Å²) in [4.78, 5) is 12.1. The molecule has 0 radical (unpaired) electrons. The van der Waals surface area contributed by atoms with Crippen molar-refractivity contribution in [1.82, 2.24) is 4.90 Å². The van der Waals surface area contributed by atoms with E-state index in [0.717, 1.165) is 37.7 Å². The maximum Gasteiger partial charge on any atom is 0.407 e. The van der Waals surface area contributed by atoms with Crippen molar-refractivity contribution in [2.24, 2.45) is 23.7 Å². The van der Waals surface area contributed by atoms with Gasteiger partial charge in [-0.15, -0.1) is 0 Å². The predicted molar refractivity (Wildman–Crippen MR) is 107 cm³/mol. The minimum Gasteiger partial charge on any atom is -0.465 e. The van der Waals surface area contributed by atoms with Crippen molar-refractivity contribution < 1.29 is 31.8 Å². The summed E-state index contributed by atoms with van der Waals surface area (Å²) in [6.07, 6.45) is 2.62. The fourth-order valence-corrected chi connectivity index (χ4v) is 5.53. The van der Waals surface area contributed by atoms with E-state index in [-0.39, 0.29) is 24.1 Å². The van der Waals surface area contributed by atoms with Gasteiger partial charge in [-0.25, -0.2) is 22.0 Å². The Balaban J connectivity index is 1.51. The van der Waals surface area contributed by atoms with E-state index in [2.05, 4.69) is 0 Å². The largest absolute Gasteiger partial charge is 0.465 e. The standard InChI is InChI=1S/C21H29F2NO5S/c1-12(2)19-9-14(4-5-24(19)21(25)26)16-8-15(16)11-29-10-13-6-17(22)20(18(23)7-13)30(3,27)28/h6-7,12,14-16,19H,4-5,8-11H2,1-3H3,(H,25,26)/t14?,15-,16+,19?/m0/s1. The van der Waals surface area contributed by atoms with Crippen molar-refractivity contribution in [1.29, 1.82) is 0 Å². The van der Waals surface area contributed by atoms with E-state index < -0.39 is 32.5 Å². The molecule has 6 nitrogen and oxygen atoms in total. The first-order chi connectivity index (χ1) is 14.0. The molecule has 2 aliphatic rings. The number of hydrogen-bond acceptors (Lipinski definition) is 4. The number of amides is 1. The van der Waals surface area contributed by atoms with Crippen LogP contribution in [0.2, 0.25) is 0 Å². The van der Waals surface area contributed by atoms with Crippen LogP contribution in [-0.2, 0) is 21.2 Å². The van der Waals surface area contributed by atoms with Crippen molar-refractivity contribution >= 4 is 15.9 Å². The Morgan fingerprint density at radius 2 is 1.90 bits per heavy atom. The van der Waals surface area contributed by atoms with Crippen LogP contribution in [0, 0.1) is 35.3 Å². The molecular weight excluding hydrogens is 416 g/mol. The topological polar surface area (TPSA) is 83.9 Å². The number of sulfone groups is 1. The van der Waals surface area contributed by atoms with E-state index in [0.29, 0.717) is 30.9 Å². The van der Waals surface area contributed by atoms with Gasteiger partial charge < -0.3 is 14.7 Å². The fourth-order valence-electron chi connectivity index (χ4n) is 4.70. The quantitative estimate of drug-likeness (QED) is 0.687. The minimum absolute atomic E-state index is 0.00712. The number of rotatable bonds is 7. The van der Waals surface area contributed by atoms with Crippen LogP contribution in [0.5, 0.6) is 0 Å². The summed E-state index contributed by atoms with van der Waals surface area (Å²) < 4.78 is 56.5. The van der Waals surface area contributed by atoms with E-state index in [4.69, 9.17) is 4.74 Å². The normalized spacial score (nSPS) is 26.8. The fraction of sp³-hybridized carbons (Fsp3) is 0.667. The molecule has 0 aromatic heterocycles. The molecule has 1 aliphatic carbocycles. The molecule has 30 heavy (non-hydrogen) atoms. The predicted octanol–water partition coefficient (Wildman–Crippen LogP) is 3.94. The summed E-state index contributed by atoms with van der Waals surface area (Å²) in [6.45, 7) is 5.12. The Bertz CT molecular complexity index is 882. The average Bonchev–Trinajstić information content (AvgIpc) is 3.38. The first-order valence-electron chi connectivity index (χ1n) is 10.2. The molecule has 2 fully saturated rings. The van der Waals surface area contributed by atoms with E-state index in [1.807, 2.05) is 13.8 Å². The molecule has 1 saturated heterocycles. The van der Waals surface area contributed by atoms with Gasteiger partial charge in [-0.2, -0.15) is 0 Å². The van der Waals surface area contributed by atoms with Gasteiger partial charge in [0.15, 0.2) is 9.84 Å². The lowest BCUT2D eigenvalue weighted by Crippen LogP contribution is -2.48. The second-order valence-electron chi connectivity index (χ2n) is 8.91. The smallest absolute Gasteiger partial charge is 0.407 e. The number of ether oxygens (including phenoxy) is 1. The molecule has 4 atom stereocenters. The van der Waals surface area contributed by atoms with Crippen molar-refractivity contribution in [3.8, 4) is 0 Å². The summed E-state index contributed by atoms with van der Waals surface area (Å²) in [7, 11) is -3.98. The number of carbonyl (C=O) groups is 1. The van der Waals surface area contributed by atoms with Crippen LogP contribution >= 0.6 is 0 Å². The third-order valence-electron chi connectivity index (χ3n) is 6.31. The Morgan fingerprint density at radius 1 is 1.27 bits per heavy atom. The van der Waals surface area contributed by atoms with Crippen LogP contribution in [-0.4, -0.2) is 50.0 Å². The van der Waals surface area contributed by atoms with Crippen LogP contribution in [0.15, 0.2) is 17.0 Å². The van der Waals surface area contributed by atoms with Crippen LogP contribution in [0.25, 0.3) is 0 Å². The van der Waals surface area contributed by atoms with E-state index >= 15 is 0 Å². The van der Waals surface area contributed by atoms with Crippen molar-refractivity contribution in [3.05, 3.63) is 29.3 Å². The summed E-state index contributed by atoms with van der Waals surface area (Å²) in [5.74, 6) is -0.634. The maximum absolute atomic E-state index is 14.0. The van der Waals surface area contributed by atoms with Crippen LogP contribution in [0.1, 0.15) is 38.7 Å². The summed E-state index contributed by atoms with van der Waals surface area (Å²) in [5, 5.41) is 9.39. The average molecular weight is 446 g/mol. The zero-order valence-corrected chi connectivity index (χ0v) is 18.3. The van der Waals surface area contributed by atoms with Gasteiger partial charge in [0, 0.05) is 18.8 Å². The molecule has 1 amide bonds. The first kappa shape index (κ1) is 22.9. The Hall–Kier alpha value is -1.74. The van der Waals surface area contributed by atoms with E-state index in [9.17, 15) is 27.1 Å². The zero-order valence-electron chi connectivity index (χ0n) is 17.5. The molecule has 1 N–H and O–H groups in total. The lowest BCUT2D eigenvalue weighted by atomic mass is 9.82. The SMILES string of the molecule is CC(C)C1CC([C@H]2C[C@H]2COCc2cc(F)c(S(C)(=O)=O)c(F)c2)CCN1C(=O)O. The highest BCUT2D eigenvalue weighted by Gasteiger charge is 2.46. The van der Waals surface area contributed by atoms with Crippen LogP contribution in [0.3, 0.4) is 0 Å². The number of nitrogens with zero attached hydrogens (tertiary/aromatic N) is 1. The lowest BCUT2D eigenvalue weighted by molar-refractivity contribution is 0.0601. The minimum atomic E-state index is -3.98. The number of carboxylic acid groups (broad SMARTS) is 1. The highest BCUT2D eigenvalue weighted by atomic mass is 32.2. The monoisotopic (exact) mass is 445 g/mol. The highest BCUT2D eigenvalue weighted by Crippen LogP contribution is 2.49. The van der Waals surface area contributed by atoms with Crippen LogP contribution in [0.4, 0.5) is 13.6 Å². The molecule has 1 aromatic rings. The Kier molecular flexibility index (Phi) is 6.72. The first-order valence-corrected chi connectivity index (χ1v) is 12.1. The third kappa shape index (κ3) is 5.11. The molecule has 0 bridgehead atoms. The van der Waals surface area contributed by atoms with Crippen molar-refractivity contribution in [2.45, 2.75) is 50.7 Å². The molecule has 1 heterocycles. The Morgan fingerprint density at radius 3 is 2.43 bits per heavy atom. The lowest BCUT2D eigenvalue weighted by Gasteiger charge is -2.40. The molecule has 2 unspecified atom stereocenters. The van der Waals surface area contributed by atoms with E-state index in [1.165, 1.54) is 0 Å². The summed E-state index contributed by atoms with van der Waals surface area (Å²) >= 11 is 0. The molecule has 9 heteroatoms. The second kappa shape index (κ2) is 8.78. The molecule has 1 saturated carbocycles. The second-order valence-corrected chi connectivity index (χ2v) is 10.9. The molecule has 1 aromatic carbocycles. The number of halogens is 2. The van der Waals surface area contributed by atoms with Crippen LogP contribution < -0.4 is 0 Å². The number of piperidine rings is 1. The summed E-state index contributed by atoms with van der Waals surface area (Å²) in [5.41, 5.74) is 0.254. The van der Waals surface area contributed by atoms with Gasteiger partial charge in [0.05, 0.1) is 13.2 Å².